The van der Waals surface area contributed by atoms with E-state index >= 15 is 0 Å². The van der Waals surface area contributed by atoms with E-state index in [0.29, 0.717) is 23.7 Å². The van der Waals surface area contributed by atoms with Crippen LogP contribution in [0, 0.1) is 0 Å². The van der Waals surface area contributed by atoms with Gasteiger partial charge in [0.2, 0.25) is 0 Å². The summed E-state index contributed by atoms with van der Waals surface area (Å²) in [6.07, 6.45) is 0. The number of carbonyl (C=O) groups excluding carboxylic acids is 1. The summed E-state index contributed by atoms with van der Waals surface area (Å²) in [4.78, 5) is 12.4. The smallest absolute Gasteiger partial charge is 0.264 e. The van der Waals surface area contributed by atoms with Crippen LogP contribution < -0.4 is 19.1 Å². The van der Waals surface area contributed by atoms with Gasteiger partial charge in [-0.3, -0.25) is 9.10 Å². The number of benzene rings is 3. The van der Waals surface area contributed by atoms with Crippen LogP contribution in [0.2, 0.25) is 0 Å². The van der Waals surface area contributed by atoms with Crippen molar-refractivity contribution in [2.24, 2.45) is 0 Å². The molecule has 3 aromatic carbocycles. The van der Waals surface area contributed by atoms with Gasteiger partial charge < -0.3 is 14.8 Å². The van der Waals surface area contributed by atoms with Gasteiger partial charge in [0, 0.05) is 12.2 Å². The lowest BCUT2D eigenvalue weighted by atomic mass is 10.3. The molecule has 0 aliphatic heterocycles. The number of nitrogens with one attached hydrogen (secondary N) is 1. The van der Waals surface area contributed by atoms with Gasteiger partial charge in [0.25, 0.3) is 15.9 Å². The molecule has 0 heterocycles. The van der Waals surface area contributed by atoms with Gasteiger partial charge >= 0.3 is 0 Å². The number of carbonyl (C=O) groups is 1. The third-order valence-corrected chi connectivity index (χ3v) is 6.48. The lowest BCUT2D eigenvalue weighted by Crippen LogP contribution is -2.30. The van der Waals surface area contributed by atoms with E-state index in [9.17, 15) is 13.2 Å². The van der Waals surface area contributed by atoms with Gasteiger partial charge in [-0.1, -0.05) is 18.2 Å². The van der Waals surface area contributed by atoms with E-state index in [2.05, 4.69) is 5.32 Å². The van der Waals surface area contributed by atoms with E-state index < -0.39 is 10.0 Å². The summed E-state index contributed by atoms with van der Waals surface area (Å²) in [6, 6.07) is 22.0. The highest BCUT2D eigenvalue weighted by atomic mass is 32.2. The molecule has 1 amide bonds. The second-order valence-corrected chi connectivity index (χ2v) is 8.63. The maximum Gasteiger partial charge on any atom is 0.264 e. The molecule has 0 saturated carbocycles. The highest BCUT2D eigenvalue weighted by Crippen LogP contribution is 2.25. The van der Waals surface area contributed by atoms with E-state index in [-0.39, 0.29) is 24.0 Å². The Bertz CT molecular complexity index is 1120. The molecular weight excluding hydrogens is 428 g/mol. The molecule has 8 heteroatoms. The van der Waals surface area contributed by atoms with E-state index in [0.717, 1.165) is 5.75 Å². The van der Waals surface area contributed by atoms with E-state index in [1.165, 1.54) is 4.31 Å². The van der Waals surface area contributed by atoms with Crippen LogP contribution in [0.25, 0.3) is 0 Å². The Balaban J connectivity index is 1.59. The minimum absolute atomic E-state index is 0.174. The second-order valence-electron chi connectivity index (χ2n) is 6.77. The van der Waals surface area contributed by atoms with Crippen molar-refractivity contribution >= 4 is 27.3 Å². The number of hydrogen-bond acceptors (Lipinski definition) is 5. The van der Waals surface area contributed by atoms with Gasteiger partial charge in [-0.25, -0.2) is 8.42 Å². The van der Waals surface area contributed by atoms with Crippen LogP contribution in [0.3, 0.4) is 0 Å². The van der Waals surface area contributed by atoms with Gasteiger partial charge in [-0.15, -0.1) is 0 Å². The van der Waals surface area contributed by atoms with Crippen LogP contribution in [-0.4, -0.2) is 34.1 Å². The fourth-order valence-corrected chi connectivity index (χ4v) is 4.56. The van der Waals surface area contributed by atoms with E-state index in [1.807, 2.05) is 6.92 Å². The molecule has 0 aliphatic carbocycles. The molecule has 1 N–H and O–H groups in total. The average molecular weight is 455 g/mol. The molecule has 0 fully saturated rings. The Hall–Kier alpha value is -3.52. The number of nitrogens with zero attached hydrogens (tertiary/aromatic N) is 1. The van der Waals surface area contributed by atoms with Gasteiger partial charge in [0.1, 0.15) is 11.5 Å². The molecule has 168 valence electrons. The van der Waals surface area contributed by atoms with E-state index in [4.69, 9.17) is 9.47 Å². The fourth-order valence-electron chi connectivity index (χ4n) is 3.07. The number of anilines is 2. The lowest BCUT2D eigenvalue weighted by Gasteiger charge is -2.23. The Labute approximate surface area is 188 Å². The number of sulfonamides is 1. The Morgan fingerprint density at radius 2 is 1.44 bits per heavy atom. The molecule has 0 aromatic heterocycles. The zero-order valence-electron chi connectivity index (χ0n) is 18.0. The minimum Gasteiger partial charge on any atom is -0.494 e. The topological polar surface area (TPSA) is 84.9 Å². The molecule has 0 bridgehead atoms. The third kappa shape index (κ3) is 5.79. The molecule has 3 aromatic rings. The summed E-state index contributed by atoms with van der Waals surface area (Å²) in [5.41, 5.74) is 1.16. The first-order valence-electron chi connectivity index (χ1n) is 10.3. The molecule has 3 rings (SSSR count). The van der Waals surface area contributed by atoms with Crippen LogP contribution in [0.4, 0.5) is 11.4 Å². The van der Waals surface area contributed by atoms with Crippen molar-refractivity contribution in [1.82, 2.24) is 0 Å². The Morgan fingerprint density at radius 3 is 2.03 bits per heavy atom. The minimum atomic E-state index is -3.66. The predicted octanol–water partition coefficient (Wildman–Crippen LogP) is 4.32. The van der Waals surface area contributed by atoms with E-state index in [1.54, 1.807) is 85.8 Å². The van der Waals surface area contributed by atoms with Crippen molar-refractivity contribution in [2.75, 3.05) is 29.4 Å². The van der Waals surface area contributed by atoms with Crippen molar-refractivity contribution in [3.8, 4) is 11.5 Å². The first-order chi connectivity index (χ1) is 15.4. The molecule has 0 saturated heterocycles. The number of amides is 1. The molecule has 0 radical (unpaired) electrons. The largest absolute Gasteiger partial charge is 0.494 e. The summed E-state index contributed by atoms with van der Waals surface area (Å²) in [5.74, 6) is 0.890. The molecule has 0 atom stereocenters. The predicted molar refractivity (Wildman–Crippen MR) is 125 cm³/mol. The molecule has 7 nitrogen and oxygen atoms in total. The number of hydrogen-bond donors (Lipinski definition) is 1. The standard InChI is InChI=1S/C24H26N2O5S/c1-3-26(32(28,29)23-8-6-5-7-9-23)20-12-16-22(17-13-20)31-18-24(27)25-19-10-14-21(15-11-19)30-4-2/h5-17H,3-4,18H2,1-2H3,(H,25,27). The highest BCUT2D eigenvalue weighted by Gasteiger charge is 2.23. The van der Waals surface area contributed by atoms with Crippen LogP contribution in [0.1, 0.15) is 13.8 Å². The van der Waals surface area contributed by atoms with Gasteiger partial charge in [0.15, 0.2) is 6.61 Å². The number of ether oxygens (including phenoxy) is 2. The van der Waals surface area contributed by atoms with Crippen LogP contribution in [0.15, 0.2) is 83.8 Å². The highest BCUT2D eigenvalue weighted by molar-refractivity contribution is 7.92. The van der Waals surface area contributed by atoms with Gasteiger partial charge in [-0.2, -0.15) is 0 Å². The SMILES string of the molecule is CCOc1ccc(NC(=O)COc2ccc(N(CC)S(=O)(=O)c3ccccc3)cc2)cc1. The van der Waals surface area contributed by atoms with Crippen molar-refractivity contribution < 1.29 is 22.7 Å². The summed E-state index contributed by atoms with van der Waals surface area (Å²) in [6.45, 7) is 4.36. The zero-order valence-corrected chi connectivity index (χ0v) is 18.8. The van der Waals surface area contributed by atoms with Gasteiger partial charge in [-0.05, 0) is 74.5 Å². The molecule has 0 aliphatic rings. The zero-order chi connectivity index (χ0) is 23.0. The van der Waals surface area contributed by atoms with Crippen LogP contribution in [0.5, 0.6) is 11.5 Å². The summed E-state index contributed by atoms with van der Waals surface area (Å²) in [5, 5.41) is 2.75. The fraction of sp³-hybridized carbons (Fsp3) is 0.208. The second kappa shape index (κ2) is 10.7. The molecule has 0 spiro atoms. The Morgan fingerprint density at radius 1 is 0.844 bits per heavy atom. The lowest BCUT2D eigenvalue weighted by molar-refractivity contribution is -0.118. The normalized spacial score (nSPS) is 10.9. The summed E-state index contributed by atoms with van der Waals surface area (Å²) < 4.78 is 38.1. The van der Waals surface area contributed by atoms with Crippen molar-refractivity contribution in [3.63, 3.8) is 0 Å². The van der Waals surface area contributed by atoms with Crippen molar-refractivity contribution in [2.45, 2.75) is 18.7 Å². The third-order valence-electron chi connectivity index (χ3n) is 4.56. The quantitative estimate of drug-likeness (QED) is 0.493. The summed E-state index contributed by atoms with van der Waals surface area (Å²) >= 11 is 0. The number of rotatable bonds is 10. The first-order valence-corrected chi connectivity index (χ1v) is 11.7. The Kier molecular flexibility index (Phi) is 7.72. The average Bonchev–Trinajstić information content (AvgIpc) is 2.81. The maximum atomic E-state index is 12.9. The van der Waals surface area contributed by atoms with Crippen LogP contribution >= 0.6 is 0 Å². The summed E-state index contributed by atoms with van der Waals surface area (Å²) in [7, 11) is -3.66. The maximum absolute atomic E-state index is 12.9. The molecule has 0 unspecified atom stereocenters. The van der Waals surface area contributed by atoms with Gasteiger partial charge in [0.05, 0.1) is 17.2 Å². The monoisotopic (exact) mass is 454 g/mol. The molecular formula is C24H26N2O5S. The molecule has 32 heavy (non-hydrogen) atoms. The van der Waals surface area contributed by atoms with Crippen molar-refractivity contribution in [1.29, 1.82) is 0 Å². The van der Waals surface area contributed by atoms with Crippen LogP contribution in [-0.2, 0) is 14.8 Å². The van der Waals surface area contributed by atoms with Crippen molar-refractivity contribution in [3.05, 3.63) is 78.9 Å². The first kappa shape index (κ1) is 23.1.